The Morgan fingerprint density at radius 3 is 2.56 bits per heavy atom. The van der Waals surface area contributed by atoms with Crippen molar-refractivity contribution < 1.29 is 19.1 Å². The Morgan fingerprint density at radius 2 is 1.84 bits per heavy atom. The number of anilines is 2. The number of rotatable bonds is 5. The van der Waals surface area contributed by atoms with E-state index in [2.05, 4.69) is 5.32 Å². The van der Waals surface area contributed by atoms with E-state index in [0.29, 0.717) is 27.9 Å². The summed E-state index contributed by atoms with van der Waals surface area (Å²) in [7, 11) is 0. The largest absolute Gasteiger partial charge is 0.454 e. The van der Waals surface area contributed by atoms with E-state index in [0.717, 1.165) is 0 Å². The van der Waals surface area contributed by atoms with E-state index >= 15 is 0 Å². The summed E-state index contributed by atoms with van der Waals surface area (Å²) in [4.78, 5) is 25.6. The Kier molecular flexibility index (Phi) is 5.09. The number of hydrogen-bond donors (Lipinski definition) is 1. The molecule has 1 heterocycles. The molecule has 0 radical (unpaired) electrons. The van der Waals surface area contributed by atoms with Gasteiger partial charge < -0.3 is 19.7 Å². The van der Waals surface area contributed by atoms with Gasteiger partial charge in [0.25, 0.3) is 0 Å². The second-order valence-corrected chi connectivity index (χ2v) is 5.95. The van der Waals surface area contributed by atoms with Gasteiger partial charge in [-0.05, 0) is 36.4 Å². The van der Waals surface area contributed by atoms with Crippen LogP contribution in [-0.2, 0) is 9.59 Å². The molecule has 7 heteroatoms. The second kappa shape index (κ2) is 7.44. The number of hydrogen-bond acceptors (Lipinski definition) is 4. The zero-order valence-corrected chi connectivity index (χ0v) is 14.4. The predicted octanol–water partition coefficient (Wildman–Crippen LogP) is 3.45. The molecule has 2 amide bonds. The first kappa shape index (κ1) is 17.1. The summed E-state index contributed by atoms with van der Waals surface area (Å²) in [6, 6.07) is 12.1. The van der Waals surface area contributed by atoms with E-state index in [9.17, 15) is 9.59 Å². The maximum absolute atomic E-state index is 12.1. The normalized spacial score (nSPS) is 11.9. The van der Waals surface area contributed by atoms with Crippen LogP contribution in [0.25, 0.3) is 0 Å². The highest BCUT2D eigenvalue weighted by Gasteiger charge is 2.19. The minimum atomic E-state index is -0.186. The van der Waals surface area contributed by atoms with Crippen molar-refractivity contribution in [2.24, 2.45) is 0 Å². The van der Waals surface area contributed by atoms with E-state index in [1.807, 2.05) is 0 Å². The van der Waals surface area contributed by atoms with Crippen molar-refractivity contribution in [1.29, 1.82) is 0 Å². The van der Waals surface area contributed by atoms with E-state index in [-0.39, 0.29) is 31.6 Å². The monoisotopic (exact) mass is 360 g/mol. The summed E-state index contributed by atoms with van der Waals surface area (Å²) >= 11 is 5.82. The van der Waals surface area contributed by atoms with Gasteiger partial charge in [0, 0.05) is 42.4 Å². The van der Waals surface area contributed by atoms with Gasteiger partial charge in [-0.3, -0.25) is 9.59 Å². The summed E-state index contributed by atoms with van der Waals surface area (Å²) in [6.45, 7) is 1.89. The molecule has 1 aliphatic rings. The second-order valence-electron chi connectivity index (χ2n) is 5.51. The third-order valence-electron chi connectivity index (χ3n) is 3.74. The average Bonchev–Trinajstić information content (AvgIpc) is 3.04. The van der Waals surface area contributed by atoms with E-state index in [1.54, 1.807) is 42.5 Å². The van der Waals surface area contributed by atoms with Gasteiger partial charge >= 0.3 is 0 Å². The van der Waals surface area contributed by atoms with E-state index < -0.39 is 0 Å². The lowest BCUT2D eigenvalue weighted by Gasteiger charge is -2.21. The van der Waals surface area contributed by atoms with Crippen LogP contribution in [0.5, 0.6) is 11.5 Å². The Hall–Kier alpha value is -2.73. The number of ether oxygens (including phenoxy) is 2. The number of carbonyl (C=O) groups is 2. The number of carbonyl (C=O) groups excluding carboxylic acids is 2. The number of nitrogens with one attached hydrogen (secondary N) is 1. The Morgan fingerprint density at radius 1 is 1.12 bits per heavy atom. The van der Waals surface area contributed by atoms with Gasteiger partial charge in [0.05, 0.1) is 0 Å². The lowest BCUT2D eigenvalue weighted by molar-refractivity contribution is -0.117. The van der Waals surface area contributed by atoms with Crippen molar-refractivity contribution in [2.45, 2.75) is 13.3 Å². The molecule has 2 aromatic carbocycles. The molecule has 1 aliphatic heterocycles. The van der Waals surface area contributed by atoms with Gasteiger partial charge in [0.2, 0.25) is 18.6 Å². The molecule has 0 atom stereocenters. The van der Waals surface area contributed by atoms with E-state index in [1.165, 1.54) is 11.8 Å². The molecule has 0 spiro atoms. The SMILES string of the molecule is CC(=O)N(CCC(=O)Nc1ccc(Cl)cc1)c1ccc2c(c1)OCO2. The molecule has 130 valence electrons. The zero-order valence-electron chi connectivity index (χ0n) is 13.6. The molecular formula is C18H17ClN2O4. The number of amides is 2. The summed E-state index contributed by atoms with van der Waals surface area (Å²) in [5.41, 5.74) is 1.32. The van der Waals surface area contributed by atoms with Crippen LogP contribution in [0.15, 0.2) is 42.5 Å². The molecule has 2 aromatic rings. The van der Waals surface area contributed by atoms with Crippen molar-refractivity contribution >= 4 is 34.8 Å². The molecule has 6 nitrogen and oxygen atoms in total. The van der Waals surface area contributed by atoms with Crippen LogP contribution < -0.4 is 19.7 Å². The molecule has 25 heavy (non-hydrogen) atoms. The average molecular weight is 361 g/mol. The highest BCUT2D eigenvalue weighted by Crippen LogP contribution is 2.35. The molecular weight excluding hydrogens is 344 g/mol. The van der Waals surface area contributed by atoms with Crippen LogP contribution in [0.2, 0.25) is 5.02 Å². The number of fused-ring (bicyclic) bond motifs is 1. The molecule has 0 aliphatic carbocycles. The standard InChI is InChI=1S/C18H17ClN2O4/c1-12(22)21(15-6-7-16-17(10-15)25-11-24-16)9-8-18(23)20-14-4-2-13(19)3-5-14/h2-7,10H,8-9,11H2,1H3,(H,20,23). The first-order valence-corrected chi connectivity index (χ1v) is 8.14. The molecule has 1 N–H and O–H groups in total. The third-order valence-corrected chi connectivity index (χ3v) is 3.99. The molecule has 0 saturated carbocycles. The third kappa shape index (κ3) is 4.22. The minimum Gasteiger partial charge on any atom is -0.454 e. The topological polar surface area (TPSA) is 67.9 Å². The van der Waals surface area contributed by atoms with Crippen LogP contribution in [0, 0.1) is 0 Å². The van der Waals surface area contributed by atoms with Crippen LogP contribution in [0.4, 0.5) is 11.4 Å². The fraction of sp³-hybridized carbons (Fsp3) is 0.222. The van der Waals surface area contributed by atoms with Gasteiger partial charge in [0.1, 0.15) is 0 Å². The molecule has 0 saturated heterocycles. The quantitative estimate of drug-likeness (QED) is 0.886. The van der Waals surface area contributed by atoms with Crippen molar-refractivity contribution in [3.05, 3.63) is 47.5 Å². The van der Waals surface area contributed by atoms with Gasteiger partial charge in [-0.2, -0.15) is 0 Å². The predicted molar refractivity (Wildman–Crippen MR) is 95.3 cm³/mol. The minimum absolute atomic E-state index is 0.154. The number of nitrogens with zero attached hydrogens (tertiary/aromatic N) is 1. The van der Waals surface area contributed by atoms with Crippen LogP contribution in [0.1, 0.15) is 13.3 Å². The van der Waals surface area contributed by atoms with Gasteiger partial charge in [0.15, 0.2) is 11.5 Å². The van der Waals surface area contributed by atoms with Crippen molar-refractivity contribution in [3.63, 3.8) is 0 Å². The summed E-state index contributed by atoms with van der Waals surface area (Å²) < 4.78 is 10.6. The highest BCUT2D eigenvalue weighted by molar-refractivity contribution is 6.30. The molecule has 0 bridgehead atoms. The zero-order chi connectivity index (χ0) is 17.8. The fourth-order valence-corrected chi connectivity index (χ4v) is 2.62. The first-order valence-electron chi connectivity index (χ1n) is 7.76. The molecule has 3 rings (SSSR count). The van der Waals surface area contributed by atoms with Gasteiger partial charge in [-0.15, -0.1) is 0 Å². The van der Waals surface area contributed by atoms with Crippen LogP contribution in [-0.4, -0.2) is 25.2 Å². The van der Waals surface area contributed by atoms with Crippen molar-refractivity contribution in [2.75, 3.05) is 23.6 Å². The maximum Gasteiger partial charge on any atom is 0.231 e. The number of halogens is 1. The van der Waals surface area contributed by atoms with Gasteiger partial charge in [-0.1, -0.05) is 11.6 Å². The van der Waals surface area contributed by atoms with Crippen LogP contribution >= 0.6 is 11.6 Å². The molecule has 0 fully saturated rings. The Balaban J connectivity index is 1.63. The Labute approximate surface area is 150 Å². The lowest BCUT2D eigenvalue weighted by Crippen LogP contribution is -2.31. The highest BCUT2D eigenvalue weighted by atomic mass is 35.5. The molecule has 0 aromatic heterocycles. The smallest absolute Gasteiger partial charge is 0.231 e. The van der Waals surface area contributed by atoms with Gasteiger partial charge in [-0.25, -0.2) is 0 Å². The Bertz CT molecular complexity index is 792. The maximum atomic E-state index is 12.1. The summed E-state index contributed by atoms with van der Waals surface area (Å²) in [5, 5.41) is 3.38. The summed E-state index contributed by atoms with van der Waals surface area (Å²) in [5.74, 6) is 0.898. The van der Waals surface area contributed by atoms with Crippen molar-refractivity contribution in [1.82, 2.24) is 0 Å². The fourth-order valence-electron chi connectivity index (χ4n) is 2.49. The van der Waals surface area contributed by atoms with Crippen LogP contribution in [0.3, 0.4) is 0 Å². The summed E-state index contributed by atoms with van der Waals surface area (Å²) in [6.07, 6.45) is 0.163. The lowest BCUT2D eigenvalue weighted by atomic mass is 10.2. The number of benzene rings is 2. The first-order chi connectivity index (χ1) is 12.0. The van der Waals surface area contributed by atoms with E-state index in [4.69, 9.17) is 21.1 Å². The molecule has 0 unspecified atom stereocenters. The van der Waals surface area contributed by atoms with Crippen molar-refractivity contribution in [3.8, 4) is 11.5 Å².